The number of aromatic nitrogens is 2. The molecule has 0 radical (unpaired) electrons. The number of hydrogen-bond donors (Lipinski definition) is 1. The second-order valence-corrected chi connectivity index (χ2v) is 7.24. The molecule has 0 saturated carbocycles. The summed E-state index contributed by atoms with van der Waals surface area (Å²) in [6.45, 7) is 2.11. The Balaban J connectivity index is 2.12. The average Bonchev–Trinajstić information content (AvgIpc) is 2.67. The number of thiophene rings is 1. The lowest BCUT2D eigenvalue weighted by molar-refractivity contribution is 0.624. The minimum absolute atomic E-state index is 0.680. The maximum atomic E-state index is 6.19. The summed E-state index contributed by atoms with van der Waals surface area (Å²) in [4.78, 5) is 11.7. The first-order valence-electron chi connectivity index (χ1n) is 7.00. The van der Waals surface area contributed by atoms with E-state index in [0.717, 1.165) is 27.5 Å². The van der Waals surface area contributed by atoms with Gasteiger partial charge in [0.15, 0.2) is 5.16 Å². The summed E-state index contributed by atoms with van der Waals surface area (Å²) in [5.41, 5.74) is 7.62. The number of thioether (sulfide) groups is 1. The Hall–Kier alpha value is -0.810. The summed E-state index contributed by atoms with van der Waals surface area (Å²) in [7, 11) is 0. The monoisotopic (exact) mass is 293 g/mol. The van der Waals surface area contributed by atoms with E-state index in [9.17, 15) is 0 Å². The van der Waals surface area contributed by atoms with Crippen molar-refractivity contribution in [3.05, 3.63) is 10.4 Å². The van der Waals surface area contributed by atoms with Crippen molar-refractivity contribution in [3.8, 4) is 0 Å². The number of nitrogen functional groups attached to an aromatic ring is 1. The number of fused-ring (bicyclic) bond motifs is 3. The molecule has 2 N–H and O–H groups in total. The summed E-state index contributed by atoms with van der Waals surface area (Å²) in [6, 6.07) is 0. The van der Waals surface area contributed by atoms with Crippen molar-refractivity contribution in [2.45, 2.75) is 50.6 Å². The highest BCUT2D eigenvalue weighted by atomic mass is 32.2. The van der Waals surface area contributed by atoms with Crippen LogP contribution in [0.3, 0.4) is 0 Å². The average molecular weight is 293 g/mol. The second-order valence-electron chi connectivity index (χ2n) is 4.92. The lowest BCUT2D eigenvalue weighted by Gasteiger charge is -2.09. The fourth-order valence-corrected chi connectivity index (χ4v) is 4.62. The first-order valence-corrected chi connectivity index (χ1v) is 8.80. The van der Waals surface area contributed by atoms with Crippen molar-refractivity contribution in [3.63, 3.8) is 0 Å². The topological polar surface area (TPSA) is 51.8 Å². The zero-order chi connectivity index (χ0) is 13.2. The van der Waals surface area contributed by atoms with Crippen molar-refractivity contribution < 1.29 is 0 Å². The van der Waals surface area contributed by atoms with Crippen molar-refractivity contribution in [1.82, 2.24) is 9.97 Å². The third kappa shape index (κ3) is 2.58. The van der Waals surface area contributed by atoms with Crippen molar-refractivity contribution in [2.24, 2.45) is 0 Å². The van der Waals surface area contributed by atoms with Gasteiger partial charge in [-0.3, -0.25) is 0 Å². The Bertz CT molecular complexity index is 592. The van der Waals surface area contributed by atoms with Crippen LogP contribution in [0.5, 0.6) is 0 Å². The van der Waals surface area contributed by atoms with Crippen LogP contribution >= 0.6 is 23.1 Å². The van der Waals surface area contributed by atoms with Crippen molar-refractivity contribution >= 4 is 39.1 Å². The van der Waals surface area contributed by atoms with E-state index in [4.69, 9.17) is 5.73 Å². The SMILES string of the molecule is CCSc1nc(N)c2c3c(sc2n1)CCCCCC3. The van der Waals surface area contributed by atoms with Gasteiger partial charge >= 0.3 is 0 Å². The molecule has 3 rings (SSSR count). The predicted molar refractivity (Wildman–Crippen MR) is 84.1 cm³/mol. The number of nitrogens with zero attached hydrogens (tertiary/aromatic N) is 2. The molecule has 0 atom stereocenters. The summed E-state index contributed by atoms with van der Waals surface area (Å²) in [5, 5.41) is 1.96. The van der Waals surface area contributed by atoms with E-state index in [1.165, 1.54) is 42.5 Å². The van der Waals surface area contributed by atoms with Crippen LogP contribution in [0.4, 0.5) is 5.82 Å². The molecule has 0 fully saturated rings. The van der Waals surface area contributed by atoms with Crippen molar-refractivity contribution in [2.75, 3.05) is 11.5 Å². The Kier molecular flexibility index (Phi) is 3.93. The van der Waals surface area contributed by atoms with Crippen LogP contribution in [0.15, 0.2) is 5.16 Å². The molecule has 2 aromatic rings. The first kappa shape index (κ1) is 13.2. The van der Waals surface area contributed by atoms with Gasteiger partial charge in [-0.15, -0.1) is 11.3 Å². The van der Waals surface area contributed by atoms with Gasteiger partial charge in [0.2, 0.25) is 0 Å². The van der Waals surface area contributed by atoms with Gasteiger partial charge in [0.05, 0.1) is 5.39 Å². The number of anilines is 1. The second kappa shape index (κ2) is 5.67. The van der Waals surface area contributed by atoms with Gasteiger partial charge in [0.25, 0.3) is 0 Å². The lowest BCUT2D eigenvalue weighted by atomic mass is 9.98. The molecule has 0 aliphatic heterocycles. The first-order chi connectivity index (χ1) is 9.29. The maximum Gasteiger partial charge on any atom is 0.190 e. The highest BCUT2D eigenvalue weighted by Gasteiger charge is 2.18. The number of hydrogen-bond acceptors (Lipinski definition) is 5. The third-order valence-corrected chi connectivity index (χ3v) is 5.51. The summed E-state index contributed by atoms with van der Waals surface area (Å²) in [5.74, 6) is 1.66. The van der Waals surface area contributed by atoms with Crippen LogP contribution in [0.25, 0.3) is 10.2 Å². The van der Waals surface area contributed by atoms with Crippen LogP contribution in [-0.4, -0.2) is 15.7 Å². The van der Waals surface area contributed by atoms with E-state index in [2.05, 4.69) is 16.9 Å². The molecule has 1 aliphatic rings. The van der Waals surface area contributed by atoms with E-state index < -0.39 is 0 Å². The van der Waals surface area contributed by atoms with Crippen LogP contribution < -0.4 is 5.73 Å². The summed E-state index contributed by atoms with van der Waals surface area (Å²) >= 11 is 3.49. The fraction of sp³-hybridized carbons (Fsp3) is 0.571. The Morgan fingerprint density at radius 3 is 2.74 bits per heavy atom. The molecule has 0 amide bonds. The van der Waals surface area contributed by atoms with E-state index in [0.29, 0.717) is 5.82 Å². The molecule has 5 heteroatoms. The maximum absolute atomic E-state index is 6.19. The zero-order valence-electron chi connectivity index (χ0n) is 11.2. The molecular formula is C14H19N3S2. The summed E-state index contributed by atoms with van der Waals surface area (Å²) < 4.78 is 0. The van der Waals surface area contributed by atoms with Gasteiger partial charge in [-0.1, -0.05) is 31.5 Å². The quantitative estimate of drug-likeness (QED) is 0.670. The molecule has 2 heterocycles. The number of aryl methyl sites for hydroxylation is 2. The van der Waals surface area contributed by atoms with Gasteiger partial charge in [-0.05, 0) is 37.0 Å². The minimum atomic E-state index is 0.680. The number of rotatable bonds is 2. The molecule has 0 unspecified atom stereocenters. The Morgan fingerprint density at radius 2 is 1.95 bits per heavy atom. The Morgan fingerprint density at radius 1 is 1.16 bits per heavy atom. The van der Waals surface area contributed by atoms with Gasteiger partial charge in [-0.2, -0.15) is 0 Å². The molecule has 102 valence electrons. The van der Waals surface area contributed by atoms with E-state index in [1.807, 2.05) is 11.3 Å². The van der Waals surface area contributed by atoms with Crippen LogP contribution in [0, 0.1) is 0 Å². The predicted octanol–water partition coefficient (Wildman–Crippen LogP) is 4.04. The van der Waals surface area contributed by atoms with Gasteiger partial charge in [0, 0.05) is 4.88 Å². The fourth-order valence-electron chi connectivity index (χ4n) is 2.71. The Labute approximate surface area is 122 Å². The lowest BCUT2D eigenvalue weighted by Crippen LogP contribution is -1.99. The van der Waals surface area contributed by atoms with E-state index >= 15 is 0 Å². The van der Waals surface area contributed by atoms with Gasteiger partial charge in [0.1, 0.15) is 10.6 Å². The zero-order valence-corrected chi connectivity index (χ0v) is 12.9. The highest BCUT2D eigenvalue weighted by Crippen LogP contribution is 2.37. The largest absolute Gasteiger partial charge is 0.383 e. The molecule has 19 heavy (non-hydrogen) atoms. The molecule has 2 aromatic heterocycles. The van der Waals surface area contributed by atoms with Crippen LogP contribution in [0.2, 0.25) is 0 Å². The van der Waals surface area contributed by atoms with Gasteiger partial charge < -0.3 is 5.73 Å². The van der Waals surface area contributed by atoms with Crippen LogP contribution in [0.1, 0.15) is 43.0 Å². The van der Waals surface area contributed by atoms with Gasteiger partial charge in [-0.25, -0.2) is 9.97 Å². The molecule has 0 bridgehead atoms. The minimum Gasteiger partial charge on any atom is -0.383 e. The summed E-state index contributed by atoms with van der Waals surface area (Å²) in [6.07, 6.45) is 7.58. The van der Waals surface area contributed by atoms with Crippen LogP contribution in [-0.2, 0) is 12.8 Å². The molecule has 3 nitrogen and oxygen atoms in total. The molecule has 0 aromatic carbocycles. The van der Waals surface area contributed by atoms with Crippen molar-refractivity contribution in [1.29, 1.82) is 0 Å². The molecular weight excluding hydrogens is 274 g/mol. The number of nitrogens with two attached hydrogens (primary N) is 1. The van der Waals surface area contributed by atoms with E-state index in [-0.39, 0.29) is 0 Å². The highest BCUT2D eigenvalue weighted by molar-refractivity contribution is 7.99. The smallest absolute Gasteiger partial charge is 0.190 e. The molecule has 0 saturated heterocycles. The molecule has 1 aliphatic carbocycles. The normalized spacial score (nSPS) is 16.1. The van der Waals surface area contributed by atoms with E-state index in [1.54, 1.807) is 11.8 Å². The third-order valence-electron chi connectivity index (χ3n) is 3.60. The standard InChI is InChI=1S/C14H19N3S2/c1-2-18-14-16-12(15)11-9-7-5-3-4-6-8-10(9)19-13(11)17-14/h2-8H2,1H3,(H2,15,16,17). The molecule has 0 spiro atoms.